The van der Waals surface area contributed by atoms with Gasteiger partial charge in [0.2, 0.25) is 0 Å². The first-order valence-corrected chi connectivity index (χ1v) is 16.6. The molecular weight excluding hydrogens is 522 g/mol. The van der Waals surface area contributed by atoms with Gasteiger partial charge in [-0.25, -0.2) is 0 Å². The molecule has 224 valence electrons. The van der Waals surface area contributed by atoms with Gasteiger partial charge in [0.05, 0.1) is 18.2 Å². The molecule has 0 radical (unpaired) electrons. The predicted molar refractivity (Wildman–Crippen MR) is 164 cm³/mol. The minimum Gasteiger partial charge on any atom is -0.393 e. The number of Topliss-reactive ketones (excluding diaryl/α,β-unsaturated/α-hetero) is 1. The molecule has 6 heteroatoms. The summed E-state index contributed by atoms with van der Waals surface area (Å²) in [5, 5.41) is 23.7. The van der Waals surface area contributed by atoms with Crippen LogP contribution in [0.2, 0.25) is 0 Å². The Bertz CT molecular complexity index is 1390. The number of β-amino-alcohol motifs (C(OH)–C–C–N with tert-alkyl or cyclic N) is 1. The van der Waals surface area contributed by atoms with Crippen molar-refractivity contribution in [1.29, 1.82) is 0 Å². The molecule has 6 aliphatic carbocycles. The van der Waals surface area contributed by atoms with Crippen LogP contribution in [0.4, 0.5) is 0 Å². The van der Waals surface area contributed by atoms with E-state index in [2.05, 4.69) is 41.9 Å². The van der Waals surface area contributed by atoms with E-state index >= 15 is 0 Å². The number of aliphatic hydroxyl groups is 2. The summed E-state index contributed by atoms with van der Waals surface area (Å²) in [6, 6.07) is 9.80. The number of carbonyl (C=O) groups is 1. The second kappa shape index (κ2) is 9.04. The lowest BCUT2D eigenvalue weighted by molar-refractivity contribution is -0.174. The first-order chi connectivity index (χ1) is 20.2. The number of hydrogen-bond donors (Lipinski definition) is 2. The third-order valence-corrected chi connectivity index (χ3v) is 13.7. The van der Waals surface area contributed by atoms with E-state index in [-0.39, 0.29) is 34.1 Å². The van der Waals surface area contributed by atoms with Crippen LogP contribution in [-0.2, 0) is 0 Å². The van der Waals surface area contributed by atoms with Crippen molar-refractivity contribution in [2.24, 2.45) is 38.5 Å². The molecule has 1 aromatic carbocycles. The van der Waals surface area contributed by atoms with Crippen LogP contribution < -0.4 is 0 Å². The first-order valence-electron chi connectivity index (χ1n) is 16.6. The van der Waals surface area contributed by atoms with E-state index in [4.69, 9.17) is 4.99 Å². The number of carbonyl (C=O) groups excluding carboxylic acids is 1. The van der Waals surface area contributed by atoms with Gasteiger partial charge in [0.25, 0.3) is 0 Å². The fourth-order valence-corrected chi connectivity index (χ4v) is 11.5. The van der Waals surface area contributed by atoms with E-state index in [0.29, 0.717) is 18.9 Å². The van der Waals surface area contributed by atoms with Gasteiger partial charge in [-0.15, -0.1) is 0 Å². The Hall–Kier alpha value is -2.44. The molecule has 8 unspecified atom stereocenters. The van der Waals surface area contributed by atoms with Gasteiger partial charge in [0.1, 0.15) is 0 Å². The molecule has 2 bridgehead atoms. The molecule has 2 spiro atoms. The molecule has 3 saturated carbocycles. The SMILES string of the molecule is CC12CCC(O)CC13C=CC1(C(C(=O)c4ccccc4)=C3)C2CCC2(C)C1CCC2(O)CN1CCCN2CCCN=C21. The van der Waals surface area contributed by atoms with Gasteiger partial charge in [0, 0.05) is 53.6 Å². The monoisotopic (exact) mass is 569 g/mol. The Morgan fingerprint density at radius 1 is 0.952 bits per heavy atom. The molecule has 0 aromatic heterocycles. The van der Waals surface area contributed by atoms with E-state index in [1.807, 2.05) is 30.3 Å². The number of allylic oxidation sites excluding steroid dienone is 4. The highest BCUT2D eigenvalue weighted by Gasteiger charge is 2.74. The molecule has 9 rings (SSSR count). The Labute approximate surface area is 250 Å². The number of guanidine groups is 1. The molecule has 1 aromatic rings. The van der Waals surface area contributed by atoms with E-state index in [0.717, 1.165) is 94.6 Å². The molecule has 0 amide bonds. The van der Waals surface area contributed by atoms with Crippen LogP contribution >= 0.6 is 0 Å². The van der Waals surface area contributed by atoms with Crippen LogP contribution in [-0.4, -0.2) is 76.2 Å². The number of hydrogen-bond acceptors (Lipinski definition) is 6. The van der Waals surface area contributed by atoms with Crippen molar-refractivity contribution < 1.29 is 15.0 Å². The van der Waals surface area contributed by atoms with Gasteiger partial charge in [-0.2, -0.15) is 0 Å². The van der Waals surface area contributed by atoms with E-state index in [1.54, 1.807) is 0 Å². The van der Waals surface area contributed by atoms with Crippen molar-refractivity contribution in [1.82, 2.24) is 9.80 Å². The maximum Gasteiger partial charge on any atom is 0.196 e. The molecule has 8 atom stereocenters. The summed E-state index contributed by atoms with van der Waals surface area (Å²) >= 11 is 0. The summed E-state index contributed by atoms with van der Waals surface area (Å²) in [7, 11) is 0. The van der Waals surface area contributed by atoms with E-state index in [9.17, 15) is 15.0 Å². The Balaban J connectivity index is 1.23. The summed E-state index contributed by atoms with van der Waals surface area (Å²) in [5.74, 6) is 1.73. The Morgan fingerprint density at radius 2 is 1.69 bits per heavy atom. The second-order valence-electron chi connectivity index (χ2n) is 15.3. The number of benzene rings is 1. The van der Waals surface area contributed by atoms with Crippen LogP contribution in [0, 0.1) is 33.5 Å². The summed E-state index contributed by atoms with van der Waals surface area (Å²) in [4.78, 5) is 24.3. The molecular formula is C36H47N3O3. The molecule has 6 nitrogen and oxygen atoms in total. The fourth-order valence-electron chi connectivity index (χ4n) is 11.5. The lowest BCUT2D eigenvalue weighted by atomic mass is 9.32. The van der Waals surface area contributed by atoms with Gasteiger partial charge >= 0.3 is 0 Å². The topological polar surface area (TPSA) is 76.4 Å². The predicted octanol–water partition coefficient (Wildman–Crippen LogP) is 5.23. The van der Waals surface area contributed by atoms with Crippen molar-refractivity contribution >= 4 is 11.7 Å². The molecule has 2 heterocycles. The fraction of sp³-hybridized carbons (Fsp3) is 0.667. The van der Waals surface area contributed by atoms with Gasteiger partial charge < -0.3 is 20.0 Å². The summed E-state index contributed by atoms with van der Waals surface area (Å²) in [5.41, 5.74) is -0.179. The zero-order valence-electron chi connectivity index (χ0n) is 25.4. The maximum absolute atomic E-state index is 14.6. The van der Waals surface area contributed by atoms with Crippen LogP contribution in [0.15, 0.2) is 59.1 Å². The van der Waals surface area contributed by atoms with Crippen LogP contribution in [0.3, 0.4) is 0 Å². The lowest BCUT2D eigenvalue weighted by Crippen LogP contribution is -2.68. The van der Waals surface area contributed by atoms with Gasteiger partial charge in [-0.1, -0.05) is 62.4 Å². The van der Waals surface area contributed by atoms with Crippen molar-refractivity contribution in [3.63, 3.8) is 0 Å². The molecule has 1 saturated heterocycles. The molecule has 8 aliphatic rings. The second-order valence-corrected chi connectivity index (χ2v) is 15.3. The summed E-state index contributed by atoms with van der Waals surface area (Å²) < 4.78 is 0. The number of nitrogens with zero attached hydrogens (tertiary/aromatic N) is 3. The first kappa shape index (κ1) is 27.1. The minimum atomic E-state index is -0.843. The number of ketones is 1. The van der Waals surface area contributed by atoms with Gasteiger partial charge in [0.15, 0.2) is 11.7 Å². The molecule has 2 N–H and O–H groups in total. The number of aliphatic imine (C=N–C) groups is 1. The summed E-state index contributed by atoms with van der Waals surface area (Å²) in [6.45, 7) is 9.38. The lowest BCUT2D eigenvalue weighted by Gasteiger charge is -2.71. The minimum absolute atomic E-state index is 0.00627. The normalized spacial score (nSPS) is 45.4. The average Bonchev–Trinajstić information content (AvgIpc) is 3.27. The highest BCUT2D eigenvalue weighted by molar-refractivity contribution is 6.10. The zero-order valence-corrected chi connectivity index (χ0v) is 25.4. The van der Waals surface area contributed by atoms with E-state index < -0.39 is 11.0 Å². The zero-order chi connectivity index (χ0) is 29.0. The van der Waals surface area contributed by atoms with Crippen molar-refractivity contribution in [2.45, 2.75) is 83.3 Å². The van der Waals surface area contributed by atoms with E-state index in [1.165, 1.54) is 0 Å². The largest absolute Gasteiger partial charge is 0.393 e. The van der Waals surface area contributed by atoms with Crippen LogP contribution in [0.25, 0.3) is 0 Å². The number of rotatable bonds is 4. The third-order valence-electron chi connectivity index (χ3n) is 13.7. The quantitative estimate of drug-likeness (QED) is 0.384. The maximum atomic E-state index is 14.6. The Morgan fingerprint density at radius 3 is 2.52 bits per heavy atom. The molecule has 42 heavy (non-hydrogen) atoms. The molecule has 2 aliphatic heterocycles. The van der Waals surface area contributed by atoms with Gasteiger partial charge in [-0.05, 0) is 75.0 Å². The smallest absolute Gasteiger partial charge is 0.196 e. The highest BCUT2D eigenvalue weighted by Crippen LogP contribution is 2.78. The Kier molecular flexibility index (Phi) is 5.84. The van der Waals surface area contributed by atoms with Gasteiger partial charge in [-0.3, -0.25) is 9.79 Å². The summed E-state index contributed by atoms with van der Waals surface area (Å²) in [6.07, 6.45) is 15.2. The highest BCUT2D eigenvalue weighted by atomic mass is 16.3. The standard InChI is InChI=1S/C36H47N3O3/c1-32-13-10-26(40)22-34(32)16-17-36(27(23-34)30(41)25-8-4-3-5-9-25)28(32)11-14-33(2)29(36)12-15-35(33,42)24-39-21-7-20-38-19-6-18-37-31(38)39/h3-5,8-9,16-17,23,26,28-29,40,42H,6-7,10-15,18-22,24H2,1-2H3. The third kappa shape index (κ3) is 3.34. The molecule has 4 fully saturated rings. The number of fused-ring (bicyclic) bond motifs is 2. The average molecular weight is 570 g/mol. The van der Waals surface area contributed by atoms with Crippen LogP contribution in [0.1, 0.15) is 82.0 Å². The van der Waals surface area contributed by atoms with Crippen molar-refractivity contribution in [3.05, 3.63) is 59.7 Å². The van der Waals surface area contributed by atoms with Crippen LogP contribution in [0.5, 0.6) is 0 Å². The number of aliphatic hydroxyl groups excluding tert-OH is 1. The van der Waals surface area contributed by atoms with Crippen molar-refractivity contribution in [3.8, 4) is 0 Å². The van der Waals surface area contributed by atoms with Crippen molar-refractivity contribution in [2.75, 3.05) is 32.7 Å².